The summed E-state index contributed by atoms with van der Waals surface area (Å²) in [5.41, 5.74) is 6.59. The van der Waals surface area contributed by atoms with Crippen molar-refractivity contribution in [1.82, 2.24) is 5.32 Å². The third-order valence-electron chi connectivity index (χ3n) is 3.05. The molecule has 3 N–H and O–H groups in total. The van der Waals surface area contributed by atoms with Gasteiger partial charge in [-0.3, -0.25) is 4.79 Å². The second-order valence-corrected chi connectivity index (χ2v) is 4.82. The van der Waals surface area contributed by atoms with E-state index in [1.54, 1.807) is 13.0 Å². The predicted octanol–water partition coefficient (Wildman–Crippen LogP) is 2.23. The Labute approximate surface area is 126 Å². The van der Waals surface area contributed by atoms with Crippen molar-refractivity contribution in [3.8, 4) is 11.5 Å². The Morgan fingerprint density at radius 2 is 2.10 bits per heavy atom. The molecule has 0 saturated heterocycles. The van der Waals surface area contributed by atoms with Crippen molar-refractivity contribution in [3.63, 3.8) is 0 Å². The molecule has 1 rings (SSSR count). The van der Waals surface area contributed by atoms with Crippen LogP contribution in [0, 0.1) is 0 Å². The molecule has 1 unspecified atom stereocenters. The van der Waals surface area contributed by atoms with Gasteiger partial charge in [-0.1, -0.05) is 19.4 Å². The molecule has 5 nitrogen and oxygen atoms in total. The number of rotatable bonds is 9. The Morgan fingerprint density at radius 3 is 2.71 bits per heavy atom. The number of hydrogen-bond acceptors (Lipinski definition) is 4. The van der Waals surface area contributed by atoms with Crippen LogP contribution in [0.4, 0.5) is 0 Å². The van der Waals surface area contributed by atoms with Gasteiger partial charge < -0.3 is 20.5 Å². The number of carbonyl (C=O) groups is 1. The predicted molar refractivity (Wildman–Crippen MR) is 83.5 cm³/mol. The number of unbranched alkanes of at least 4 members (excludes halogenated alkanes) is 1. The molecule has 0 aliphatic heterocycles. The average molecular weight is 294 g/mol. The minimum atomic E-state index is -0.565. The molecular weight excluding hydrogens is 268 g/mol. The van der Waals surface area contributed by atoms with Crippen molar-refractivity contribution < 1.29 is 14.3 Å². The van der Waals surface area contributed by atoms with Crippen LogP contribution in [0.2, 0.25) is 0 Å². The lowest BCUT2D eigenvalue weighted by atomic mass is 10.2. The van der Waals surface area contributed by atoms with Crippen molar-refractivity contribution in [1.29, 1.82) is 0 Å². The van der Waals surface area contributed by atoms with Crippen LogP contribution in [0.5, 0.6) is 11.5 Å². The fraction of sp³-hybridized carbons (Fsp3) is 0.562. The minimum Gasteiger partial charge on any atom is -0.490 e. The summed E-state index contributed by atoms with van der Waals surface area (Å²) in [6.45, 7) is 7.36. The summed E-state index contributed by atoms with van der Waals surface area (Å²) in [6.07, 6.45) is 1.45. The molecule has 0 spiro atoms. The SMILES string of the molecule is CCCCNC(=O)C(C)Oc1ccc(CN)cc1OCC. The molecule has 0 saturated carbocycles. The molecule has 1 aromatic carbocycles. The minimum absolute atomic E-state index is 0.117. The maximum atomic E-state index is 11.9. The number of nitrogens with one attached hydrogen (secondary N) is 1. The van der Waals surface area contributed by atoms with Crippen LogP contribution in [0.25, 0.3) is 0 Å². The summed E-state index contributed by atoms with van der Waals surface area (Å²) < 4.78 is 11.3. The first-order chi connectivity index (χ1) is 10.1. The summed E-state index contributed by atoms with van der Waals surface area (Å²) in [5, 5.41) is 2.85. The summed E-state index contributed by atoms with van der Waals surface area (Å²) in [6, 6.07) is 5.52. The van der Waals surface area contributed by atoms with Gasteiger partial charge in [0.15, 0.2) is 17.6 Å². The first kappa shape index (κ1) is 17.3. The van der Waals surface area contributed by atoms with E-state index >= 15 is 0 Å². The lowest BCUT2D eigenvalue weighted by Gasteiger charge is -2.17. The van der Waals surface area contributed by atoms with Crippen LogP contribution in [0.15, 0.2) is 18.2 Å². The molecule has 21 heavy (non-hydrogen) atoms. The summed E-state index contributed by atoms with van der Waals surface area (Å²) in [5.74, 6) is 1.06. The van der Waals surface area contributed by atoms with Gasteiger partial charge >= 0.3 is 0 Å². The van der Waals surface area contributed by atoms with E-state index in [-0.39, 0.29) is 5.91 Å². The van der Waals surface area contributed by atoms with Crippen LogP contribution >= 0.6 is 0 Å². The first-order valence-corrected chi connectivity index (χ1v) is 7.52. The Bertz CT molecular complexity index is 449. The second-order valence-electron chi connectivity index (χ2n) is 4.82. The van der Waals surface area contributed by atoms with E-state index in [1.807, 2.05) is 19.1 Å². The third-order valence-corrected chi connectivity index (χ3v) is 3.05. The highest BCUT2D eigenvalue weighted by molar-refractivity contribution is 5.80. The number of nitrogens with two attached hydrogens (primary N) is 1. The third kappa shape index (κ3) is 5.63. The molecule has 1 aromatic rings. The zero-order valence-corrected chi connectivity index (χ0v) is 13.1. The largest absolute Gasteiger partial charge is 0.490 e. The Balaban J connectivity index is 2.69. The normalized spacial score (nSPS) is 11.8. The Morgan fingerprint density at radius 1 is 1.33 bits per heavy atom. The molecular formula is C16H26N2O3. The number of carbonyl (C=O) groups excluding carboxylic acids is 1. The molecule has 0 bridgehead atoms. The van der Waals surface area contributed by atoms with Crippen LogP contribution in [-0.4, -0.2) is 25.2 Å². The van der Waals surface area contributed by atoms with E-state index in [0.717, 1.165) is 18.4 Å². The maximum Gasteiger partial charge on any atom is 0.260 e. The van der Waals surface area contributed by atoms with E-state index in [1.165, 1.54) is 0 Å². The fourth-order valence-corrected chi connectivity index (χ4v) is 1.82. The van der Waals surface area contributed by atoms with Crippen molar-refractivity contribution in [2.45, 2.75) is 46.3 Å². The monoisotopic (exact) mass is 294 g/mol. The maximum absolute atomic E-state index is 11.9. The van der Waals surface area contributed by atoms with Crippen molar-refractivity contribution in [3.05, 3.63) is 23.8 Å². The highest BCUT2D eigenvalue weighted by Crippen LogP contribution is 2.29. The van der Waals surface area contributed by atoms with Gasteiger partial charge in [-0.25, -0.2) is 0 Å². The van der Waals surface area contributed by atoms with Crippen LogP contribution in [0.3, 0.4) is 0 Å². The summed E-state index contributed by atoms with van der Waals surface area (Å²) >= 11 is 0. The molecule has 0 aromatic heterocycles. The highest BCUT2D eigenvalue weighted by Gasteiger charge is 2.16. The Kier molecular flexibility index (Phi) is 7.61. The number of ether oxygens (including phenoxy) is 2. The van der Waals surface area contributed by atoms with Gasteiger partial charge in [-0.15, -0.1) is 0 Å². The number of amides is 1. The molecule has 5 heteroatoms. The molecule has 0 aliphatic rings. The topological polar surface area (TPSA) is 73.6 Å². The number of hydrogen-bond donors (Lipinski definition) is 2. The van der Waals surface area contributed by atoms with Crippen molar-refractivity contribution >= 4 is 5.91 Å². The standard InChI is InChI=1S/C16H26N2O3/c1-4-6-9-18-16(19)12(3)21-14-8-7-13(11-17)10-15(14)20-5-2/h7-8,10,12H,4-6,9,11,17H2,1-3H3,(H,18,19). The molecule has 0 aliphatic carbocycles. The molecule has 0 heterocycles. The lowest BCUT2D eigenvalue weighted by molar-refractivity contribution is -0.127. The van der Waals surface area contributed by atoms with E-state index < -0.39 is 6.10 Å². The molecule has 0 radical (unpaired) electrons. The van der Waals surface area contributed by atoms with Crippen molar-refractivity contribution in [2.24, 2.45) is 5.73 Å². The van der Waals surface area contributed by atoms with E-state index in [0.29, 0.717) is 31.2 Å². The fourth-order valence-electron chi connectivity index (χ4n) is 1.82. The van der Waals surface area contributed by atoms with Crippen LogP contribution < -0.4 is 20.5 Å². The quantitative estimate of drug-likeness (QED) is 0.685. The van der Waals surface area contributed by atoms with Crippen LogP contribution in [-0.2, 0) is 11.3 Å². The first-order valence-electron chi connectivity index (χ1n) is 7.52. The number of benzene rings is 1. The van der Waals surface area contributed by atoms with Crippen LogP contribution in [0.1, 0.15) is 39.2 Å². The molecule has 1 amide bonds. The van der Waals surface area contributed by atoms with Gasteiger partial charge in [0.05, 0.1) is 6.61 Å². The van der Waals surface area contributed by atoms with Crippen molar-refractivity contribution in [2.75, 3.05) is 13.2 Å². The van der Waals surface area contributed by atoms with Gasteiger partial charge in [0, 0.05) is 13.1 Å². The van der Waals surface area contributed by atoms with Gasteiger partial charge in [0.2, 0.25) is 0 Å². The van der Waals surface area contributed by atoms with Gasteiger partial charge in [0.25, 0.3) is 5.91 Å². The zero-order chi connectivity index (χ0) is 15.7. The van der Waals surface area contributed by atoms with E-state index in [2.05, 4.69) is 12.2 Å². The average Bonchev–Trinajstić information content (AvgIpc) is 2.49. The molecule has 118 valence electrons. The second kappa shape index (κ2) is 9.23. The van der Waals surface area contributed by atoms with Gasteiger partial charge in [0.1, 0.15) is 0 Å². The lowest BCUT2D eigenvalue weighted by Crippen LogP contribution is -2.36. The van der Waals surface area contributed by atoms with Gasteiger partial charge in [-0.2, -0.15) is 0 Å². The molecule has 1 atom stereocenters. The smallest absolute Gasteiger partial charge is 0.260 e. The highest BCUT2D eigenvalue weighted by atomic mass is 16.5. The van der Waals surface area contributed by atoms with E-state index in [4.69, 9.17) is 15.2 Å². The zero-order valence-electron chi connectivity index (χ0n) is 13.1. The van der Waals surface area contributed by atoms with Gasteiger partial charge in [-0.05, 0) is 38.0 Å². The summed E-state index contributed by atoms with van der Waals surface area (Å²) in [4.78, 5) is 11.9. The summed E-state index contributed by atoms with van der Waals surface area (Å²) in [7, 11) is 0. The molecule has 0 fully saturated rings. The Hall–Kier alpha value is -1.75. The van der Waals surface area contributed by atoms with E-state index in [9.17, 15) is 4.79 Å².